The van der Waals surface area contributed by atoms with E-state index in [4.69, 9.17) is 4.74 Å². The van der Waals surface area contributed by atoms with Crippen molar-refractivity contribution < 1.29 is 13.2 Å². The third-order valence-corrected chi connectivity index (χ3v) is 4.26. The van der Waals surface area contributed by atoms with Crippen LogP contribution in [0.1, 0.15) is 0 Å². The first-order chi connectivity index (χ1) is 9.07. The zero-order chi connectivity index (χ0) is 13.7. The van der Waals surface area contributed by atoms with Crippen molar-refractivity contribution in [3.63, 3.8) is 0 Å². The Kier molecular flexibility index (Phi) is 4.79. The summed E-state index contributed by atoms with van der Waals surface area (Å²) in [5.41, 5.74) is 0.596. The van der Waals surface area contributed by atoms with E-state index in [9.17, 15) is 8.42 Å². The van der Waals surface area contributed by atoms with E-state index >= 15 is 0 Å². The van der Waals surface area contributed by atoms with Gasteiger partial charge in [0.1, 0.15) is 0 Å². The van der Waals surface area contributed by atoms with E-state index in [0.717, 1.165) is 26.3 Å². The fraction of sp³-hybridized carbons (Fsp3) is 0.538. The summed E-state index contributed by atoms with van der Waals surface area (Å²) in [5.74, 6) is 0. The summed E-state index contributed by atoms with van der Waals surface area (Å²) in [6, 6.07) is 10.1. The van der Waals surface area contributed by atoms with Gasteiger partial charge in [-0.1, -0.05) is 18.2 Å². The fourth-order valence-corrected chi connectivity index (χ4v) is 2.95. The van der Waals surface area contributed by atoms with Crippen molar-refractivity contribution in [3.05, 3.63) is 30.3 Å². The van der Waals surface area contributed by atoms with Gasteiger partial charge in [0.15, 0.2) is 0 Å². The monoisotopic (exact) mass is 283 g/mol. The summed E-state index contributed by atoms with van der Waals surface area (Å²) in [6.45, 7) is 4.30. The summed E-state index contributed by atoms with van der Waals surface area (Å²) >= 11 is 0. The molecule has 1 aromatic carbocycles. The summed E-state index contributed by atoms with van der Waals surface area (Å²) in [7, 11) is -3.27. The zero-order valence-corrected chi connectivity index (χ0v) is 11.9. The number of para-hydroxylation sites is 1. The SMILES string of the molecule is CS(=O)(=O)N(CCN1CCOCC1)c1[c]cccc1. The van der Waals surface area contributed by atoms with Crippen LogP contribution in [0.15, 0.2) is 24.3 Å². The van der Waals surface area contributed by atoms with E-state index in [1.54, 1.807) is 12.1 Å². The Morgan fingerprint density at radius 2 is 2.11 bits per heavy atom. The van der Waals surface area contributed by atoms with E-state index in [-0.39, 0.29) is 0 Å². The number of hydrogen-bond acceptors (Lipinski definition) is 4. The minimum absolute atomic E-state index is 0.444. The molecule has 105 valence electrons. The van der Waals surface area contributed by atoms with E-state index in [1.807, 2.05) is 12.1 Å². The van der Waals surface area contributed by atoms with Gasteiger partial charge in [0.25, 0.3) is 0 Å². The van der Waals surface area contributed by atoms with Gasteiger partial charge in [-0.15, -0.1) is 0 Å². The molecule has 1 aromatic rings. The molecule has 6 heteroatoms. The lowest BCUT2D eigenvalue weighted by Gasteiger charge is -2.29. The molecule has 2 rings (SSSR count). The molecular weight excluding hydrogens is 264 g/mol. The first kappa shape index (κ1) is 14.3. The molecule has 0 aromatic heterocycles. The van der Waals surface area contributed by atoms with Crippen molar-refractivity contribution in [2.45, 2.75) is 0 Å². The highest BCUT2D eigenvalue weighted by molar-refractivity contribution is 7.92. The average molecular weight is 283 g/mol. The van der Waals surface area contributed by atoms with Gasteiger partial charge in [-0.05, 0) is 6.07 Å². The number of nitrogens with zero attached hydrogens (tertiary/aromatic N) is 2. The van der Waals surface area contributed by atoms with E-state index in [0.29, 0.717) is 18.8 Å². The van der Waals surface area contributed by atoms with Crippen LogP contribution < -0.4 is 4.31 Å². The Morgan fingerprint density at radius 1 is 1.37 bits per heavy atom. The molecule has 1 radical (unpaired) electrons. The molecule has 5 nitrogen and oxygen atoms in total. The van der Waals surface area contributed by atoms with Crippen molar-refractivity contribution >= 4 is 15.7 Å². The van der Waals surface area contributed by atoms with Gasteiger partial charge in [-0.3, -0.25) is 9.21 Å². The highest BCUT2D eigenvalue weighted by atomic mass is 32.2. The lowest BCUT2D eigenvalue weighted by molar-refractivity contribution is 0.0395. The van der Waals surface area contributed by atoms with Gasteiger partial charge in [0.05, 0.1) is 25.2 Å². The molecule has 19 heavy (non-hydrogen) atoms. The van der Waals surface area contributed by atoms with E-state index < -0.39 is 10.0 Å². The largest absolute Gasteiger partial charge is 0.379 e. The van der Waals surface area contributed by atoms with E-state index in [2.05, 4.69) is 11.0 Å². The Labute approximate surface area is 114 Å². The third-order valence-electron chi connectivity index (χ3n) is 3.08. The van der Waals surface area contributed by atoms with Gasteiger partial charge < -0.3 is 4.74 Å². The van der Waals surface area contributed by atoms with E-state index in [1.165, 1.54) is 10.6 Å². The smallest absolute Gasteiger partial charge is 0.232 e. The molecule has 0 N–H and O–H groups in total. The topological polar surface area (TPSA) is 49.9 Å². The van der Waals surface area contributed by atoms with Crippen LogP contribution in [0, 0.1) is 6.07 Å². The van der Waals surface area contributed by atoms with Crippen molar-refractivity contribution in [1.29, 1.82) is 0 Å². The zero-order valence-electron chi connectivity index (χ0n) is 11.1. The van der Waals surface area contributed by atoms with Gasteiger partial charge >= 0.3 is 0 Å². The van der Waals surface area contributed by atoms with Gasteiger partial charge in [-0.25, -0.2) is 8.42 Å². The lowest BCUT2D eigenvalue weighted by atomic mass is 10.3. The van der Waals surface area contributed by atoms with Crippen LogP contribution in [0.25, 0.3) is 0 Å². The number of hydrogen-bond donors (Lipinski definition) is 0. The van der Waals surface area contributed by atoms with Crippen molar-refractivity contribution in [2.75, 3.05) is 50.0 Å². The Morgan fingerprint density at radius 3 is 2.68 bits per heavy atom. The summed E-state index contributed by atoms with van der Waals surface area (Å²) in [6.07, 6.45) is 1.23. The molecule has 0 unspecified atom stereocenters. The van der Waals surface area contributed by atoms with Crippen LogP contribution in [-0.4, -0.2) is 59.0 Å². The molecule has 0 spiro atoms. The molecule has 1 aliphatic heterocycles. The quantitative estimate of drug-likeness (QED) is 0.793. The van der Waals surface area contributed by atoms with Crippen molar-refractivity contribution in [1.82, 2.24) is 4.90 Å². The minimum Gasteiger partial charge on any atom is -0.379 e. The van der Waals surface area contributed by atoms with Crippen molar-refractivity contribution in [2.24, 2.45) is 0 Å². The second-order valence-corrected chi connectivity index (χ2v) is 6.44. The molecule has 1 saturated heterocycles. The van der Waals surface area contributed by atoms with Crippen LogP contribution >= 0.6 is 0 Å². The molecule has 1 heterocycles. The lowest BCUT2D eigenvalue weighted by Crippen LogP contribution is -2.43. The summed E-state index contributed by atoms with van der Waals surface area (Å²) < 4.78 is 30.4. The maximum Gasteiger partial charge on any atom is 0.232 e. The Balaban J connectivity index is 2.03. The standard InChI is InChI=1S/C13H19N2O3S/c1-19(16,17)15(13-5-3-2-4-6-13)8-7-14-9-11-18-12-10-14/h2-5H,7-12H2,1H3. The van der Waals surface area contributed by atoms with Crippen LogP contribution in [0.4, 0.5) is 5.69 Å². The van der Waals surface area contributed by atoms with Crippen LogP contribution in [-0.2, 0) is 14.8 Å². The first-order valence-electron chi connectivity index (χ1n) is 6.32. The number of sulfonamides is 1. The minimum atomic E-state index is -3.27. The average Bonchev–Trinajstić information content (AvgIpc) is 2.40. The number of ether oxygens (including phenoxy) is 1. The Hall–Kier alpha value is -1.11. The fourth-order valence-electron chi connectivity index (χ4n) is 2.06. The highest BCUT2D eigenvalue weighted by Gasteiger charge is 2.19. The summed E-state index contributed by atoms with van der Waals surface area (Å²) in [4.78, 5) is 2.21. The van der Waals surface area contributed by atoms with Crippen LogP contribution in [0.2, 0.25) is 0 Å². The second-order valence-electron chi connectivity index (χ2n) is 4.54. The number of morpholine rings is 1. The maximum absolute atomic E-state index is 11.9. The predicted molar refractivity (Wildman–Crippen MR) is 74.7 cm³/mol. The number of anilines is 1. The van der Waals surface area contributed by atoms with Gasteiger partial charge in [0, 0.05) is 32.2 Å². The second kappa shape index (κ2) is 6.36. The highest BCUT2D eigenvalue weighted by Crippen LogP contribution is 2.15. The molecular formula is C13H19N2O3S. The van der Waals surface area contributed by atoms with Crippen molar-refractivity contribution in [3.8, 4) is 0 Å². The molecule has 1 aliphatic rings. The molecule has 0 aliphatic carbocycles. The first-order valence-corrected chi connectivity index (χ1v) is 8.17. The maximum atomic E-state index is 11.9. The number of benzene rings is 1. The molecule has 0 atom stereocenters. The Bertz CT molecular complexity index is 484. The number of rotatable bonds is 5. The summed E-state index contributed by atoms with van der Waals surface area (Å²) in [5, 5.41) is 0. The molecule has 0 saturated carbocycles. The van der Waals surface area contributed by atoms with Gasteiger partial charge in [0.2, 0.25) is 10.0 Å². The third kappa shape index (κ3) is 4.19. The molecule has 0 amide bonds. The van der Waals surface area contributed by atoms with Gasteiger partial charge in [-0.2, -0.15) is 0 Å². The normalized spacial score (nSPS) is 17.3. The van der Waals surface area contributed by atoms with Crippen LogP contribution in [0.3, 0.4) is 0 Å². The molecule has 0 bridgehead atoms. The van der Waals surface area contributed by atoms with Crippen LogP contribution in [0.5, 0.6) is 0 Å². The molecule has 1 fully saturated rings. The predicted octanol–water partition coefficient (Wildman–Crippen LogP) is 0.585.